The van der Waals surface area contributed by atoms with E-state index in [1.54, 1.807) is 23.2 Å². The molecule has 0 saturated carbocycles. The lowest BCUT2D eigenvalue weighted by atomic mass is 10.0. The quantitative estimate of drug-likeness (QED) is 0.834. The molecule has 4 rings (SSSR count). The fraction of sp³-hybridized carbons (Fsp3) is 0.381. The van der Waals surface area contributed by atoms with Crippen molar-refractivity contribution in [1.29, 1.82) is 0 Å². The van der Waals surface area contributed by atoms with Gasteiger partial charge >= 0.3 is 0 Å². The van der Waals surface area contributed by atoms with E-state index in [1.807, 2.05) is 23.1 Å². The SMILES string of the molecule is O=C(Cc1ccc2c(c1)CCCO2)N1CCN(C(=O)c2ccccn2)CC1. The normalized spacial score (nSPS) is 16.4. The number of carbonyl (C=O) groups is 2. The van der Waals surface area contributed by atoms with Crippen molar-refractivity contribution in [3.05, 3.63) is 59.4 Å². The van der Waals surface area contributed by atoms with Crippen LogP contribution in [0.5, 0.6) is 5.75 Å². The van der Waals surface area contributed by atoms with Gasteiger partial charge in [-0.2, -0.15) is 0 Å². The van der Waals surface area contributed by atoms with Crippen molar-refractivity contribution < 1.29 is 14.3 Å². The lowest BCUT2D eigenvalue weighted by Crippen LogP contribution is -2.51. The van der Waals surface area contributed by atoms with E-state index in [1.165, 1.54) is 5.56 Å². The molecule has 1 saturated heterocycles. The van der Waals surface area contributed by atoms with E-state index < -0.39 is 0 Å². The summed E-state index contributed by atoms with van der Waals surface area (Å²) in [6.07, 6.45) is 4.04. The molecule has 2 aliphatic heterocycles. The van der Waals surface area contributed by atoms with Crippen LogP contribution in [0, 0.1) is 0 Å². The molecular weight excluding hydrogens is 342 g/mol. The Balaban J connectivity index is 1.33. The Morgan fingerprint density at radius 2 is 1.85 bits per heavy atom. The van der Waals surface area contributed by atoms with Crippen LogP contribution < -0.4 is 4.74 Å². The molecule has 6 nitrogen and oxygen atoms in total. The molecule has 0 N–H and O–H groups in total. The van der Waals surface area contributed by atoms with Crippen LogP contribution in [0.25, 0.3) is 0 Å². The second-order valence-corrected chi connectivity index (χ2v) is 6.96. The van der Waals surface area contributed by atoms with E-state index in [0.717, 1.165) is 30.8 Å². The molecular formula is C21H23N3O3. The lowest BCUT2D eigenvalue weighted by molar-refractivity contribution is -0.131. The average Bonchev–Trinajstić information content (AvgIpc) is 2.74. The van der Waals surface area contributed by atoms with Crippen molar-refractivity contribution in [3.63, 3.8) is 0 Å². The molecule has 3 heterocycles. The third-order valence-electron chi connectivity index (χ3n) is 5.13. The van der Waals surface area contributed by atoms with Crippen LogP contribution in [0.4, 0.5) is 0 Å². The number of aryl methyl sites for hydroxylation is 1. The highest BCUT2D eigenvalue weighted by Crippen LogP contribution is 2.26. The Hall–Kier alpha value is -2.89. The maximum atomic E-state index is 12.7. The van der Waals surface area contributed by atoms with Gasteiger partial charge in [0, 0.05) is 32.4 Å². The third kappa shape index (κ3) is 3.94. The van der Waals surface area contributed by atoms with Crippen LogP contribution >= 0.6 is 0 Å². The minimum absolute atomic E-state index is 0.0719. The summed E-state index contributed by atoms with van der Waals surface area (Å²) in [6.45, 7) is 2.97. The predicted molar refractivity (Wildman–Crippen MR) is 101 cm³/mol. The van der Waals surface area contributed by atoms with Gasteiger partial charge in [0.1, 0.15) is 11.4 Å². The maximum absolute atomic E-state index is 12.7. The minimum Gasteiger partial charge on any atom is -0.493 e. The van der Waals surface area contributed by atoms with E-state index in [4.69, 9.17) is 4.74 Å². The number of hydrogen-bond donors (Lipinski definition) is 0. The Morgan fingerprint density at radius 3 is 2.63 bits per heavy atom. The van der Waals surface area contributed by atoms with Gasteiger partial charge in [0.05, 0.1) is 13.0 Å². The van der Waals surface area contributed by atoms with Crippen molar-refractivity contribution in [1.82, 2.24) is 14.8 Å². The molecule has 1 aromatic carbocycles. The van der Waals surface area contributed by atoms with Crippen LogP contribution in [0.2, 0.25) is 0 Å². The van der Waals surface area contributed by atoms with Crippen molar-refractivity contribution in [2.24, 2.45) is 0 Å². The second-order valence-electron chi connectivity index (χ2n) is 6.96. The Kier molecular flexibility index (Phi) is 5.05. The number of pyridine rings is 1. The highest BCUT2D eigenvalue weighted by molar-refractivity contribution is 5.92. The molecule has 0 radical (unpaired) electrons. The molecule has 0 atom stereocenters. The van der Waals surface area contributed by atoms with Crippen LogP contribution in [-0.4, -0.2) is 59.4 Å². The Labute approximate surface area is 158 Å². The van der Waals surface area contributed by atoms with Gasteiger partial charge < -0.3 is 14.5 Å². The smallest absolute Gasteiger partial charge is 0.272 e. The number of rotatable bonds is 3. The number of piperazine rings is 1. The molecule has 0 unspecified atom stereocenters. The van der Waals surface area contributed by atoms with Gasteiger partial charge in [-0.25, -0.2) is 0 Å². The number of ether oxygens (including phenoxy) is 1. The molecule has 1 aromatic heterocycles. The molecule has 140 valence electrons. The first kappa shape index (κ1) is 17.5. The zero-order valence-corrected chi connectivity index (χ0v) is 15.3. The zero-order valence-electron chi connectivity index (χ0n) is 15.3. The highest BCUT2D eigenvalue weighted by Gasteiger charge is 2.25. The van der Waals surface area contributed by atoms with Gasteiger partial charge in [0.15, 0.2) is 0 Å². The molecule has 1 fully saturated rings. The first-order valence-electron chi connectivity index (χ1n) is 9.43. The highest BCUT2D eigenvalue weighted by atomic mass is 16.5. The number of nitrogens with zero attached hydrogens (tertiary/aromatic N) is 3. The number of fused-ring (bicyclic) bond motifs is 1. The fourth-order valence-electron chi connectivity index (χ4n) is 3.62. The number of carbonyl (C=O) groups excluding carboxylic acids is 2. The topological polar surface area (TPSA) is 62.7 Å². The summed E-state index contributed by atoms with van der Waals surface area (Å²) >= 11 is 0. The molecule has 0 spiro atoms. The summed E-state index contributed by atoms with van der Waals surface area (Å²) in [4.78, 5) is 32.8. The monoisotopic (exact) mass is 365 g/mol. The van der Waals surface area contributed by atoms with E-state index in [0.29, 0.717) is 38.3 Å². The van der Waals surface area contributed by atoms with E-state index in [-0.39, 0.29) is 11.8 Å². The van der Waals surface area contributed by atoms with Crippen LogP contribution in [0.15, 0.2) is 42.6 Å². The third-order valence-corrected chi connectivity index (χ3v) is 5.13. The van der Waals surface area contributed by atoms with Gasteiger partial charge in [0.25, 0.3) is 5.91 Å². The fourth-order valence-corrected chi connectivity index (χ4v) is 3.62. The van der Waals surface area contributed by atoms with E-state index in [2.05, 4.69) is 11.1 Å². The molecule has 2 aliphatic rings. The molecule has 27 heavy (non-hydrogen) atoms. The summed E-state index contributed by atoms with van der Waals surface area (Å²) in [5.41, 5.74) is 2.67. The first-order chi connectivity index (χ1) is 13.2. The van der Waals surface area contributed by atoms with Crippen molar-refractivity contribution in [3.8, 4) is 5.75 Å². The number of hydrogen-bond acceptors (Lipinski definition) is 4. The average molecular weight is 365 g/mol. The van der Waals surface area contributed by atoms with Crippen LogP contribution in [0.1, 0.15) is 28.0 Å². The summed E-state index contributed by atoms with van der Waals surface area (Å²) in [5, 5.41) is 0. The predicted octanol–water partition coefficient (Wildman–Crippen LogP) is 1.93. The van der Waals surface area contributed by atoms with Gasteiger partial charge in [-0.15, -0.1) is 0 Å². The number of amides is 2. The summed E-state index contributed by atoms with van der Waals surface area (Å²) < 4.78 is 5.63. The number of benzene rings is 1. The van der Waals surface area contributed by atoms with Gasteiger partial charge in [0.2, 0.25) is 5.91 Å². The molecule has 0 bridgehead atoms. The lowest BCUT2D eigenvalue weighted by Gasteiger charge is -2.34. The van der Waals surface area contributed by atoms with Gasteiger partial charge in [-0.05, 0) is 42.2 Å². The summed E-state index contributed by atoms with van der Waals surface area (Å²) in [5.74, 6) is 0.980. The molecule has 6 heteroatoms. The Morgan fingerprint density at radius 1 is 1.04 bits per heavy atom. The van der Waals surface area contributed by atoms with Crippen LogP contribution in [0.3, 0.4) is 0 Å². The van der Waals surface area contributed by atoms with E-state index in [9.17, 15) is 9.59 Å². The Bertz CT molecular complexity index is 830. The van der Waals surface area contributed by atoms with Crippen molar-refractivity contribution >= 4 is 11.8 Å². The summed E-state index contributed by atoms with van der Waals surface area (Å²) in [7, 11) is 0. The van der Waals surface area contributed by atoms with Crippen molar-refractivity contribution in [2.75, 3.05) is 32.8 Å². The van der Waals surface area contributed by atoms with Gasteiger partial charge in [-0.3, -0.25) is 14.6 Å². The van der Waals surface area contributed by atoms with E-state index >= 15 is 0 Å². The molecule has 0 aliphatic carbocycles. The molecule has 2 aromatic rings. The van der Waals surface area contributed by atoms with Crippen LogP contribution in [-0.2, 0) is 17.6 Å². The molecule has 2 amide bonds. The number of aromatic nitrogens is 1. The maximum Gasteiger partial charge on any atom is 0.272 e. The largest absolute Gasteiger partial charge is 0.493 e. The first-order valence-corrected chi connectivity index (χ1v) is 9.43. The second kappa shape index (κ2) is 7.78. The standard InChI is InChI=1S/C21H23N3O3/c25-20(15-16-6-7-19-17(14-16)4-3-13-27-19)23-9-11-24(12-10-23)21(26)18-5-1-2-8-22-18/h1-2,5-8,14H,3-4,9-13,15H2. The van der Waals surface area contributed by atoms with Crippen molar-refractivity contribution in [2.45, 2.75) is 19.3 Å². The van der Waals surface area contributed by atoms with Gasteiger partial charge in [-0.1, -0.05) is 18.2 Å². The zero-order chi connectivity index (χ0) is 18.6. The minimum atomic E-state index is -0.0719. The summed E-state index contributed by atoms with van der Waals surface area (Å²) in [6, 6.07) is 11.4.